The largest absolute Gasteiger partial charge is 0.353 e. The number of hydrogen-bond acceptors (Lipinski definition) is 4. The standard InChI is InChI=1S/C31H32N4O/c1-4-28-23(3)32-29(26-12-10-22(2)11-13-26)33-30(28)34-18-20-35(21-19-34)31(36)27-16-14-25(15-17-27)24-8-6-5-7-9-24/h5-17H,4,18-21H2,1-3H3. The van der Waals surface area contributed by atoms with Gasteiger partial charge in [-0.1, -0.05) is 79.2 Å². The number of carbonyl (C=O) groups excluding carboxylic acids is 1. The maximum absolute atomic E-state index is 13.2. The molecule has 182 valence electrons. The molecular formula is C31H32N4O. The summed E-state index contributed by atoms with van der Waals surface area (Å²) in [6, 6.07) is 26.5. The predicted octanol–water partition coefficient (Wildman–Crippen LogP) is 5.95. The number of carbonyl (C=O) groups is 1. The van der Waals surface area contributed by atoms with Crippen molar-refractivity contribution < 1.29 is 4.79 Å². The second kappa shape index (κ2) is 10.3. The number of benzene rings is 3. The first kappa shape index (κ1) is 23.7. The number of piperazine rings is 1. The number of aromatic nitrogens is 2. The third kappa shape index (κ3) is 4.87. The topological polar surface area (TPSA) is 49.3 Å². The lowest BCUT2D eigenvalue weighted by atomic mass is 10.0. The molecule has 0 spiro atoms. The fourth-order valence-electron chi connectivity index (χ4n) is 4.83. The van der Waals surface area contributed by atoms with E-state index in [1.54, 1.807) is 0 Å². The lowest BCUT2D eigenvalue weighted by molar-refractivity contribution is 0.0746. The van der Waals surface area contributed by atoms with Gasteiger partial charge in [0.15, 0.2) is 5.82 Å². The summed E-state index contributed by atoms with van der Waals surface area (Å²) in [4.78, 5) is 27.3. The van der Waals surface area contributed by atoms with E-state index in [1.165, 1.54) is 11.1 Å². The third-order valence-corrected chi connectivity index (χ3v) is 6.96. The van der Waals surface area contributed by atoms with Crippen molar-refractivity contribution in [1.29, 1.82) is 0 Å². The highest BCUT2D eigenvalue weighted by molar-refractivity contribution is 5.95. The van der Waals surface area contributed by atoms with Gasteiger partial charge in [-0.25, -0.2) is 9.97 Å². The van der Waals surface area contributed by atoms with Gasteiger partial charge in [0.25, 0.3) is 5.91 Å². The molecule has 0 atom stereocenters. The van der Waals surface area contributed by atoms with Crippen molar-refractivity contribution >= 4 is 11.7 Å². The molecule has 0 bridgehead atoms. The third-order valence-electron chi connectivity index (χ3n) is 6.96. The lowest BCUT2D eigenvalue weighted by Crippen LogP contribution is -2.49. The molecule has 3 aromatic carbocycles. The van der Waals surface area contributed by atoms with E-state index in [1.807, 2.05) is 47.4 Å². The molecule has 1 aromatic heterocycles. The van der Waals surface area contributed by atoms with E-state index < -0.39 is 0 Å². The Kier molecular flexibility index (Phi) is 6.81. The van der Waals surface area contributed by atoms with Crippen molar-refractivity contribution in [3.8, 4) is 22.5 Å². The van der Waals surface area contributed by atoms with E-state index in [9.17, 15) is 4.79 Å². The summed E-state index contributed by atoms with van der Waals surface area (Å²) < 4.78 is 0. The van der Waals surface area contributed by atoms with Crippen LogP contribution in [0.25, 0.3) is 22.5 Å². The predicted molar refractivity (Wildman–Crippen MR) is 146 cm³/mol. The summed E-state index contributed by atoms with van der Waals surface area (Å²) in [6.45, 7) is 9.16. The minimum atomic E-state index is 0.0872. The molecule has 5 heteroatoms. The zero-order chi connectivity index (χ0) is 25.1. The molecule has 0 saturated carbocycles. The van der Waals surface area contributed by atoms with Crippen LogP contribution in [-0.2, 0) is 6.42 Å². The molecule has 4 aromatic rings. The second-order valence-electron chi connectivity index (χ2n) is 9.38. The average Bonchev–Trinajstić information content (AvgIpc) is 2.93. The van der Waals surface area contributed by atoms with Gasteiger partial charge < -0.3 is 9.80 Å². The van der Waals surface area contributed by atoms with Crippen LogP contribution in [-0.4, -0.2) is 47.0 Å². The first-order chi connectivity index (χ1) is 17.5. The van der Waals surface area contributed by atoms with Crippen molar-refractivity contribution in [3.63, 3.8) is 0 Å². The molecule has 0 unspecified atom stereocenters. The maximum atomic E-state index is 13.2. The quantitative estimate of drug-likeness (QED) is 0.357. The van der Waals surface area contributed by atoms with Crippen molar-refractivity contribution in [2.75, 3.05) is 31.1 Å². The molecular weight excluding hydrogens is 444 g/mol. The average molecular weight is 477 g/mol. The Morgan fingerprint density at radius 1 is 0.750 bits per heavy atom. The summed E-state index contributed by atoms with van der Waals surface area (Å²) in [5.74, 6) is 1.85. The first-order valence-corrected chi connectivity index (χ1v) is 12.7. The van der Waals surface area contributed by atoms with Crippen LogP contribution in [0.1, 0.15) is 34.1 Å². The Morgan fingerprint density at radius 2 is 1.36 bits per heavy atom. The van der Waals surface area contributed by atoms with Crippen LogP contribution in [0, 0.1) is 13.8 Å². The van der Waals surface area contributed by atoms with E-state index in [0.29, 0.717) is 13.1 Å². The molecule has 0 aliphatic carbocycles. The summed E-state index contributed by atoms with van der Waals surface area (Å²) in [5, 5.41) is 0. The minimum absolute atomic E-state index is 0.0872. The van der Waals surface area contributed by atoms with Crippen LogP contribution < -0.4 is 4.90 Å². The van der Waals surface area contributed by atoms with Gasteiger partial charge >= 0.3 is 0 Å². The molecule has 0 N–H and O–H groups in total. The number of nitrogens with zero attached hydrogens (tertiary/aromatic N) is 4. The van der Waals surface area contributed by atoms with Gasteiger partial charge in [-0.2, -0.15) is 0 Å². The van der Waals surface area contributed by atoms with Gasteiger partial charge in [-0.3, -0.25) is 4.79 Å². The summed E-state index contributed by atoms with van der Waals surface area (Å²) in [7, 11) is 0. The Hall–Kier alpha value is -3.99. The Bertz CT molecular complexity index is 1340. The molecule has 1 aliphatic rings. The summed E-state index contributed by atoms with van der Waals surface area (Å²) in [5.41, 5.74) is 7.46. The zero-order valence-electron chi connectivity index (χ0n) is 21.2. The van der Waals surface area contributed by atoms with Gasteiger partial charge in [-0.15, -0.1) is 0 Å². The molecule has 1 amide bonds. The molecule has 1 saturated heterocycles. The SMILES string of the molecule is CCc1c(C)nc(-c2ccc(C)cc2)nc1N1CCN(C(=O)c2ccc(-c3ccccc3)cc2)CC1. The van der Waals surface area contributed by atoms with Crippen molar-refractivity contribution in [2.45, 2.75) is 27.2 Å². The fraction of sp³-hybridized carbons (Fsp3) is 0.258. The van der Waals surface area contributed by atoms with Crippen LogP contribution in [0.3, 0.4) is 0 Å². The van der Waals surface area contributed by atoms with Crippen LogP contribution in [0.5, 0.6) is 0 Å². The fourth-order valence-corrected chi connectivity index (χ4v) is 4.83. The number of amides is 1. The highest BCUT2D eigenvalue weighted by Gasteiger charge is 2.25. The number of rotatable bonds is 5. The molecule has 5 nitrogen and oxygen atoms in total. The Balaban J connectivity index is 1.31. The monoisotopic (exact) mass is 476 g/mol. The molecule has 2 heterocycles. The highest BCUT2D eigenvalue weighted by atomic mass is 16.2. The van der Waals surface area contributed by atoms with Crippen LogP contribution in [0.15, 0.2) is 78.9 Å². The van der Waals surface area contributed by atoms with Gasteiger partial charge in [0.1, 0.15) is 5.82 Å². The van der Waals surface area contributed by atoms with Gasteiger partial charge in [0, 0.05) is 48.6 Å². The van der Waals surface area contributed by atoms with Crippen molar-refractivity contribution in [3.05, 3.63) is 101 Å². The normalized spacial score (nSPS) is 13.6. The van der Waals surface area contributed by atoms with E-state index in [0.717, 1.165) is 59.1 Å². The van der Waals surface area contributed by atoms with E-state index in [2.05, 4.69) is 62.1 Å². The number of aryl methyl sites for hydroxylation is 2. The number of anilines is 1. The minimum Gasteiger partial charge on any atom is -0.353 e. The van der Waals surface area contributed by atoms with Crippen molar-refractivity contribution in [2.24, 2.45) is 0 Å². The van der Waals surface area contributed by atoms with Gasteiger partial charge in [0.05, 0.1) is 0 Å². The summed E-state index contributed by atoms with van der Waals surface area (Å²) >= 11 is 0. The lowest BCUT2D eigenvalue weighted by Gasteiger charge is -2.36. The van der Waals surface area contributed by atoms with Crippen LogP contribution >= 0.6 is 0 Å². The molecule has 36 heavy (non-hydrogen) atoms. The zero-order valence-corrected chi connectivity index (χ0v) is 21.2. The van der Waals surface area contributed by atoms with Gasteiger partial charge in [-0.05, 0) is 43.5 Å². The molecule has 5 rings (SSSR count). The summed E-state index contributed by atoms with van der Waals surface area (Å²) in [6.07, 6.45) is 0.877. The molecule has 1 aliphatic heterocycles. The Morgan fingerprint density at radius 3 is 2.00 bits per heavy atom. The highest BCUT2D eigenvalue weighted by Crippen LogP contribution is 2.27. The van der Waals surface area contributed by atoms with E-state index in [4.69, 9.17) is 9.97 Å². The smallest absolute Gasteiger partial charge is 0.253 e. The maximum Gasteiger partial charge on any atom is 0.253 e. The van der Waals surface area contributed by atoms with Crippen LogP contribution in [0.2, 0.25) is 0 Å². The van der Waals surface area contributed by atoms with Crippen molar-refractivity contribution in [1.82, 2.24) is 14.9 Å². The van der Waals surface area contributed by atoms with Gasteiger partial charge in [0.2, 0.25) is 0 Å². The second-order valence-corrected chi connectivity index (χ2v) is 9.38. The molecule has 0 radical (unpaired) electrons. The van der Waals surface area contributed by atoms with E-state index >= 15 is 0 Å². The Labute approximate surface area is 213 Å². The number of hydrogen-bond donors (Lipinski definition) is 0. The van der Waals surface area contributed by atoms with Crippen LogP contribution in [0.4, 0.5) is 5.82 Å². The van der Waals surface area contributed by atoms with E-state index in [-0.39, 0.29) is 5.91 Å². The molecule has 1 fully saturated rings. The first-order valence-electron chi connectivity index (χ1n) is 12.7.